The Balaban J connectivity index is 1.73. The number of rotatable bonds is 6. The number of fused-ring (bicyclic) bond motifs is 2. The SMILES string of the molecule is CCN(CC)CCO/N=C1/C(=C2/C(=O)Nc3cc(Br)ccc32)Cc2ccc(C)cc21. The maximum atomic E-state index is 12.9. The van der Waals surface area contributed by atoms with Gasteiger partial charge in [0.05, 0.1) is 11.3 Å². The fourth-order valence-electron chi connectivity index (χ4n) is 4.08. The van der Waals surface area contributed by atoms with Gasteiger partial charge in [0, 0.05) is 28.6 Å². The number of anilines is 1. The predicted molar refractivity (Wildman–Crippen MR) is 125 cm³/mol. The molecule has 2 aliphatic rings. The number of nitrogens with one attached hydrogen (secondary N) is 1. The van der Waals surface area contributed by atoms with Crippen molar-refractivity contribution in [1.29, 1.82) is 0 Å². The third-order valence-electron chi connectivity index (χ3n) is 5.75. The van der Waals surface area contributed by atoms with Gasteiger partial charge < -0.3 is 15.1 Å². The van der Waals surface area contributed by atoms with Gasteiger partial charge >= 0.3 is 0 Å². The van der Waals surface area contributed by atoms with Crippen LogP contribution < -0.4 is 5.32 Å². The van der Waals surface area contributed by atoms with Crippen molar-refractivity contribution in [3.63, 3.8) is 0 Å². The highest BCUT2D eigenvalue weighted by molar-refractivity contribution is 9.10. The summed E-state index contributed by atoms with van der Waals surface area (Å²) in [5.41, 5.74) is 7.52. The number of amides is 1. The first-order chi connectivity index (χ1) is 14.5. The van der Waals surface area contributed by atoms with Crippen molar-refractivity contribution in [2.45, 2.75) is 27.2 Å². The molecule has 1 amide bonds. The van der Waals surface area contributed by atoms with Crippen molar-refractivity contribution in [3.8, 4) is 0 Å². The first-order valence-corrected chi connectivity index (χ1v) is 11.2. The molecule has 1 aliphatic carbocycles. The Morgan fingerprint density at radius 2 is 1.93 bits per heavy atom. The summed E-state index contributed by atoms with van der Waals surface area (Å²) in [6, 6.07) is 12.2. The van der Waals surface area contributed by atoms with Gasteiger partial charge in [-0.15, -0.1) is 0 Å². The first-order valence-electron chi connectivity index (χ1n) is 10.4. The smallest absolute Gasteiger partial charge is 0.256 e. The highest BCUT2D eigenvalue weighted by Gasteiger charge is 2.34. The minimum Gasteiger partial charge on any atom is -0.394 e. The minimum absolute atomic E-state index is 0.0848. The van der Waals surface area contributed by atoms with Crippen LogP contribution in [0.4, 0.5) is 5.69 Å². The molecule has 0 aromatic heterocycles. The highest BCUT2D eigenvalue weighted by atomic mass is 79.9. The molecule has 0 saturated heterocycles. The van der Waals surface area contributed by atoms with Crippen molar-refractivity contribution in [2.24, 2.45) is 5.16 Å². The zero-order chi connectivity index (χ0) is 21.3. The Labute approximate surface area is 185 Å². The standard InChI is InChI=1S/C24H26BrN3O2/c1-4-28(5-2)10-11-30-27-23-19-12-15(3)6-7-16(19)13-20(23)22-18-9-8-17(25)14-21(18)26-24(22)29/h6-9,12,14H,4-5,10-11,13H2,1-3H3,(H,26,29)/b22-20+,27-23+. The quantitative estimate of drug-likeness (QED) is 0.377. The van der Waals surface area contributed by atoms with Gasteiger partial charge in [0.25, 0.3) is 5.91 Å². The molecule has 30 heavy (non-hydrogen) atoms. The number of oxime groups is 1. The van der Waals surface area contributed by atoms with E-state index < -0.39 is 0 Å². The summed E-state index contributed by atoms with van der Waals surface area (Å²) in [5.74, 6) is -0.0848. The van der Waals surface area contributed by atoms with Gasteiger partial charge in [0.2, 0.25) is 0 Å². The normalized spacial score (nSPS) is 18.7. The average Bonchev–Trinajstić information content (AvgIpc) is 3.23. The summed E-state index contributed by atoms with van der Waals surface area (Å²) in [5, 5.41) is 7.53. The molecule has 1 N–H and O–H groups in total. The van der Waals surface area contributed by atoms with Crippen molar-refractivity contribution >= 4 is 38.8 Å². The number of hydrogen-bond acceptors (Lipinski definition) is 4. The molecule has 156 valence electrons. The van der Waals surface area contributed by atoms with E-state index in [0.29, 0.717) is 18.6 Å². The topological polar surface area (TPSA) is 53.9 Å². The summed E-state index contributed by atoms with van der Waals surface area (Å²) in [6.07, 6.45) is 0.673. The Kier molecular flexibility index (Phi) is 6.06. The Hall–Kier alpha value is -2.44. The zero-order valence-corrected chi connectivity index (χ0v) is 19.2. The molecule has 1 aliphatic heterocycles. The van der Waals surface area contributed by atoms with Crippen LogP contribution in [0.2, 0.25) is 0 Å². The molecule has 4 rings (SSSR count). The summed E-state index contributed by atoms with van der Waals surface area (Å²) in [7, 11) is 0. The molecule has 5 nitrogen and oxygen atoms in total. The number of nitrogens with zero attached hydrogens (tertiary/aromatic N) is 2. The van der Waals surface area contributed by atoms with Gasteiger partial charge in [-0.2, -0.15) is 0 Å². The maximum absolute atomic E-state index is 12.9. The van der Waals surface area contributed by atoms with Crippen LogP contribution in [0.5, 0.6) is 0 Å². The molecular weight excluding hydrogens is 442 g/mol. The van der Waals surface area contributed by atoms with E-state index in [1.807, 2.05) is 18.2 Å². The second-order valence-electron chi connectivity index (χ2n) is 7.63. The summed E-state index contributed by atoms with van der Waals surface area (Å²) >= 11 is 3.48. The van der Waals surface area contributed by atoms with E-state index in [-0.39, 0.29) is 5.91 Å². The minimum atomic E-state index is -0.0848. The molecule has 0 unspecified atom stereocenters. The molecule has 0 spiro atoms. The van der Waals surface area contributed by atoms with E-state index >= 15 is 0 Å². The second kappa shape index (κ2) is 8.74. The van der Waals surface area contributed by atoms with E-state index in [4.69, 9.17) is 4.84 Å². The van der Waals surface area contributed by atoms with Crippen LogP contribution in [-0.4, -0.2) is 42.8 Å². The fraction of sp³-hybridized carbons (Fsp3) is 0.333. The molecule has 0 fully saturated rings. The summed E-state index contributed by atoms with van der Waals surface area (Å²) in [6.45, 7) is 9.67. The molecule has 0 radical (unpaired) electrons. The number of carbonyl (C=O) groups excluding carboxylic acids is 1. The van der Waals surface area contributed by atoms with E-state index in [1.54, 1.807) is 0 Å². The summed E-state index contributed by atoms with van der Waals surface area (Å²) < 4.78 is 0.937. The van der Waals surface area contributed by atoms with Crippen LogP contribution in [0.3, 0.4) is 0 Å². The molecule has 0 saturated carbocycles. The van der Waals surface area contributed by atoms with Crippen molar-refractivity contribution in [1.82, 2.24) is 4.90 Å². The zero-order valence-electron chi connectivity index (χ0n) is 17.6. The molecular formula is C24H26BrN3O2. The highest BCUT2D eigenvalue weighted by Crippen LogP contribution is 2.40. The number of hydrogen-bond donors (Lipinski definition) is 1. The number of carbonyl (C=O) groups is 1. The van der Waals surface area contributed by atoms with Crippen molar-refractivity contribution < 1.29 is 9.63 Å². The first kappa shape index (κ1) is 20.8. The fourth-order valence-corrected chi connectivity index (χ4v) is 4.44. The number of allylic oxidation sites excluding steroid dienone is 1. The lowest BCUT2D eigenvalue weighted by molar-refractivity contribution is -0.110. The maximum Gasteiger partial charge on any atom is 0.256 e. The van der Waals surface area contributed by atoms with Crippen LogP contribution >= 0.6 is 15.9 Å². The van der Waals surface area contributed by atoms with Gasteiger partial charge in [-0.05, 0) is 49.3 Å². The number of aryl methyl sites for hydroxylation is 1. The van der Waals surface area contributed by atoms with Gasteiger partial charge in [0.1, 0.15) is 12.3 Å². The third kappa shape index (κ3) is 3.94. The van der Waals surface area contributed by atoms with Gasteiger partial charge in [-0.1, -0.05) is 58.7 Å². The number of benzene rings is 2. The molecule has 2 aromatic carbocycles. The van der Waals surface area contributed by atoms with Crippen LogP contribution in [-0.2, 0) is 16.1 Å². The van der Waals surface area contributed by atoms with Gasteiger partial charge in [-0.3, -0.25) is 4.79 Å². The molecule has 6 heteroatoms. The van der Waals surface area contributed by atoms with Crippen LogP contribution in [0.15, 0.2) is 51.6 Å². The monoisotopic (exact) mass is 467 g/mol. The van der Waals surface area contributed by atoms with Crippen LogP contribution in [0, 0.1) is 6.92 Å². The largest absolute Gasteiger partial charge is 0.394 e. The Morgan fingerprint density at radius 1 is 1.13 bits per heavy atom. The molecule has 1 heterocycles. The lowest BCUT2D eigenvalue weighted by atomic mass is 9.98. The third-order valence-corrected chi connectivity index (χ3v) is 6.24. The van der Waals surface area contributed by atoms with E-state index in [1.165, 1.54) is 5.56 Å². The van der Waals surface area contributed by atoms with Crippen LogP contribution in [0.25, 0.3) is 5.57 Å². The molecule has 0 bridgehead atoms. The lowest BCUT2D eigenvalue weighted by Crippen LogP contribution is -2.26. The number of likely N-dealkylation sites (N-methyl/N-ethyl adjacent to an activating group) is 1. The van der Waals surface area contributed by atoms with E-state index in [2.05, 4.69) is 70.3 Å². The van der Waals surface area contributed by atoms with Crippen molar-refractivity contribution in [2.75, 3.05) is 31.6 Å². The Bertz CT molecular complexity index is 1050. The predicted octanol–water partition coefficient (Wildman–Crippen LogP) is 4.78. The van der Waals surface area contributed by atoms with E-state index in [0.717, 1.165) is 57.8 Å². The lowest BCUT2D eigenvalue weighted by Gasteiger charge is -2.16. The second-order valence-corrected chi connectivity index (χ2v) is 8.55. The average molecular weight is 468 g/mol. The number of halogens is 1. The summed E-state index contributed by atoms with van der Waals surface area (Å²) in [4.78, 5) is 21.0. The van der Waals surface area contributed by atoms with Gasteiger partial charge in [-0.25, -0.2) is 0 Å². The molecule has 0 atom stereocenters. The van der Waals surface area contributed by atoms with E-state index in [9.17, 15) is 4.79 Å². The Morgan fingerprint density at radius 3 is 2.70 bits per heavy atom. The van der Waals surface area contributed by atoms with Gasteiger partial charge in [0.15, 0.2) is 0 Å². The van der Waals surface area contributed by atoms with Crippen LogP contribution in [0.1, 0.15) is 36.1 Å². The van der Waals surface area contributed by atoms with Crippen molar-refractivity contribution in [3.05, 3.63) is 68.7 Å². The molecule has 2 aromatic rings.